The van der Waals surface area contributed by atoms with Crippen molar-refractivity contribution in [2.45, 2.75) is 51.6 Å². The Balaban J connectivity index is 2.08. The number of guanidine groups is 1. The van der Waals surface area contributed by atoms with Crippen LogP contribution in [-0.4, -0.2) is 51.2 Å². The van der Waals surface area contributed by atoms with E-state index in [-0.39, 0.29) is 12.0 Å². The Bertz CT molecular complexity index is 556. The topological polar surface area (TPSA) is 87.4 Å². The van der Waals surface area contributed by atoms with Crippen LogP contribution in [0.25, 0.3) is 0 Å². The van der Waals surface area contributed by atoms with Crippen molar-refractivity contribution in [2.75, 3.05) is 13.1 Å². The molecule has 0 saturated carbocycles. The van der Waals surface area contributed by atoms with Gasteiger partial charge in [-0.1, -0.05) is 0 Å². The lowest BCUT2D eigenvalue weighted by Crippen LogP contribution is -2.42. The largest absolute Gasteiger partial charge is 0.416 e. The molecule has 7 nitrogen and oxygen atoms in total. The summed E-state index contributed by atoms with van der Waals surface area (Å²) in [6.07, 6.45) is -5.49. The van der Waals surface area contributed by atoms with Crippen LogP contribution >= 0.6 is 0 Å². The summed E-state index contributed by atoms with van der Waals surface area (Å²) in [4.78, 5) is 8.18. The summed E-state index contributed by atoms with van der Waals surface area (Å²) in [7, 11) is 0. The summed E-state index contributed by atoms with van der Waals surface area (Å²) in [5.74, 6) is 1.62. The van der Waals surface area contributed by atoms with Gasteiger partial charge >= 0.3 is 6.18 Å². The molecule has 0 fully saturated rings. The van der Waals surface area contributed by atoms with Crippen LogP contribution in [0.2, 0.25) is 0 Å². The number of aliphatic hydroxyl groups is 1. The zero-order valence-corrected chi connectivity index (χ0v) is 13.1. The third-order valence-corrected chi connectivity index (χ3v) is 3.44. The summed E-state index contributed by atoms with van der Waals surface area (Å²) >= 11 is 0. The van der Waals surface area contributed by atoms with E-state index in [1.165, 1.54) is 0 Å². The third kappa shape index (κ3) is 4.57. The second kappa shape index (κ2) is 7.16. The van der Waals surface area contributed by atoms with Gasteiger partial charge in [0.15, 0.2) is 12.1 Å². The average molecular weight is 334 g/mol. The first-order valence-corrected chi connectivity index (χ1v) is 7.52. The molecule has 2 unspecified atom stereocenters. The monoisotopic (exact) mass is 334 g/mol. The van der Waals surface area contributed by atoms with Crippen molar-refractivity contribution in [1.82, 2.24) is 25.4 Å². The zero-order chi connectivity index (χ0) is 17.0. The van der Waals surface area contributed by atoms with Crippen LogP contribution in [0.15, 0.2) is 4.99 Å². The minimum atomic E-state index is -4.68. The molecule has 0 radical (unpaired) electrons. The molecule has 1 aliphatic rings. The van der Waals surface area contributed by atoms with Crippen LogP contribution in [-0.2, 0) is 6.54 Å². The molecule has 2 heterocycles. The van der Waals surface area contributed by atoms with E-state index >= 15 is 0 Å². The summed E-state index contributed by atoms with van der Waals surface area (Å²) < 4.78 is 38.9. The fourth-order valence-electron chi connectivity index (χ4n) is 2.37. The van der Waals surface area contributed by atoms with E-state index < -0.39 is 18.8 Å². The molecule has 0 spiro atoms. The summed E-state index contributed by atoms with van der Waals surface area (Å²) in [6, 6.07) is -0.175. The molecule has 0 aliphatic carbocycles. The van der Waals surface area contributed by atoms with E-state index in [0.717, 1.165) is 25.2 Å². The number of nitrogens with zero attached hydrogens (tertiary/aromatic N) is 4. The van der Waals surface area contributed by atoms with Crippen molar-refractivity contribution in [3.05, 3.63) is 11.6 Å². The van der Waals surface area contributed by atoms with Gasteiger partial charge in [0.1, 0.15) is 11.6 Å². The van der Waals surface area contributed by atoms with Gasteiger partial charge in [0.2, 0.25) is 0 Å². The first-order valence-electron chi connectivity index (χ1n) is 7.52. The van der Waals surface area contributed by atoms with Crippen LogP contribution in [0.4, 0.5) is 13.2 Å². The number of aromatic nitrogens is 3. The molecular formula is C13H21F3N6O. The van der Waals surface area contributed by atoms with Crippen LogP contribution < -0.4 is 10.6 Å². The highest BCUT2D eigenvalue weighted by atomic mass is 19.4. The molecule has 1 aliphatic heterocycles. The maximum atomic E-state index is 12.4. The molecule has 130 valence electrons. The van der Waals surface area contributed by atoms with Gasteiger partial charge in [-0.25, -0.2) is 9.67 Å². The number of rotatable bonds is 4. The fourth-order valence-corrected chi connectivity index (χ4v) is 2.37. The fraction of sp³-hybridized carbons (Fsp3) is 0.769. The van der Waals surface area contributed by atoms with E-state index in [9.17, 15) is 13.2 Å². The van der Waals surface area contributed by atoms with Gasteiger partial charge in [-0.15, -0.1) is 0 Å². The van der Waals surface area contributed by atoms with Crippen LogP contribution in [0.1, 0.15) is 37.5 Å². The second-order valence-corrected chi connectivity index (χ2v) is 5.36. The number of fused-ring (bicyclic) bond motifs is 1. The molecule has 2 atom stereocenters. The van der Waals surface area contributed by atoms with Crippen molar-refractivity contribution < 1.29 is 18.3 Å². The van der Waals surface area contributed by atoms with Crippen molar-refractivity contribution in [1.29, 1.82) is 0 Å². The Morgan fingerprint density at radius 1 is 1.52 bits per heavy atom. The maximum Gasteiger partial charge on any atom is 0.416 e. The number of alkyl halides is 3. The highest BCUT2D eigenvalue weighted by Crippen LogP contribution is 2.23. The van der Waals surface area contributed by atoms with E-state index in [4.69, 9.17) is 5.11 Å². The molecule has 1 aromatic heterocycles. The second-order valence-electron chi connectivity index (χ2n) is 5.36. The Morgan fingerprint density at radius 3 is 2.91 bits per heavy atom. The SMILES string of the molecule is CCNC(=NCC(O)C(F)(F)F)NC1CCCn2nc(C)nc21. The Morgan fingerprint density at radius 2 is 2.26 bits per heavy atom. The van der Waals surface area contributed by atoms with Gasteiger partial charge in [0, 0.05) is 13.1 Å². The Labute approximate surface area is 132 Å². The van der Waals surface area contributed by atoms with Crippen molar-refractivity contribution >= 4 is 5.96 Å². The average Bonchev–Trinajstić information content (AvgIpc) is 2.85. The van der Waals surface area contributed by atoms with Crippen molar-refractivity contribution in [3.8, 4) is 0 Å². The highest BCUT2D eigenvalue weighted by molar-refractivity contribution is 5.80. The van der Waals surface area contributed by atoms with Crippen LogP contribution in [0, 0.1) is 6.92 Å². The lowest BCUT2D eigenvalue weighted by Gasteiger charge is -2.25. The Kier molecular flexibility index (Phi) is 5.45. The maximum absolute atomic E-state index is 12.4. The molecule has 23 heavy (non-hydrogen) atoms. The number of aliphatic imine (C=N–C) groups is 1. The minimum absolute atomic E-state index is 0.175. The summed E-state index contributed by atoms with van der Waals surface area (Å²) in [5, 5.41) is 19.3. The Hall–Kier alpha value is -1.84. The lowest BCUT2D eigenvalue weighted by molar-refractivity contribution is -0.199. The molecule has 2 rings (SSSR count). The molecule has 0 aromatic carbocycles. The number of hydrogen-bond acceptors (Lipinski definition) is 4. The summed E-state index contributed by atoms with van der Waals surface area (Å²) in [6.45, 7) is 4.12. The molecule has 1 aromatic rings. The number of halogens is 3. The van der Waals surface area contributed by atoms with Crippen LogP contribution in [0.5, 0.6) is 0 Å². The molecule has 0 bridgehead atoms. The highest BCUT2D eigenvalue weighted by Gasteiger charge is 2.38. The molecule has 10 heteroatoms. The first kappa shape index (κ1) is 17.5. The number of aryl methyl sites for hydroxylation is 2. The molecule has 0 amide bonds. The van der Waals surface area contributed by atoms with Crippen molar-refractivity contribution in [3.63, 3.8) is 0 Å². The van der Waals surface area contributed by atoms with Crippen LogP contribution in [0.3, 0.4) is 0 Å². The standard InChI is InChI=1S/C13H21F3N6O/c1-3-17-12(18-7-10(23)13(14,15)16)20-9-5-4-6-22-11(9)19-8(2)21-22/h9-10,23H,3-7H2,1-2H3,(H2,17,18,20). The molecule has 3 N–H and O–H groups in total. The third-order valence-electron chi connectivity index (χ3n) is 3.44. The normalized spacial score (nSPS) is 20.1. The predicted molar refractivity (Wildman–Crippen MR) is 77.9 cm³/mol. The van der Waals surface area contributed by atoms with E-state index in [2.05, 4.69) is 25.7 Å². The number of hydrogen-bond donors (Lipinski definition) is 3. The first-order chi connectivity index (χ1) is 10.8. The summed E-state index contributed by atoms with van der Waals surface area (Å²) in [5.41, 5.74) is 0. The van der Waals surface area contributed by atoms with Gasteiger partial charge in [0.25, 0.3) is 0 Å². The van der Waals surface area contributed by atoms with E-state index in [1.807, 2.05) is 6.92 Å². The van der Waals surface area contributed by atoms with Gasteiger partial charge in [-0.05, 0) is 26.7 Å². The molecular weight excluding hydrogens is 313 g/mol. The number of nitrogens with one attached hydrogen (secondary N) is 2. The smallest absolute Gasteiger partial charge is 0.382 e. The van der Waals surface area contributed by atoms with E-state index in [0.29, 0.717) is 12.4 Å². The van der Waals surface area contributed by atoms with Gasteiger partial charge in [-0.2, -0.15) is 18.3 Å². The zero-order valence-electron chi connectivity index (χ0n) is 13.1. The van der Waals surface area contributed by atoms with Gasteiger partial charge < -0.3 is 15.7 Å². The molecule has 0 saturated heterocycles. The minimum Gasteiger partial charge on any atom is -0.382 e. The predicted octanol–water partition coefficient (Wildman–Crippen LogP) is 0.900. The van der Waals surface area contributed by atoms with Gasteiger partial charge in [0.05, 0.1) is 12.6 Å². The van der Waals surface area contributed by atoms with E-state index in [1.54, 1.807) is 11.6 Å². The van der Waals surface area contributed by atoms with Crippen molar-refractivity contribution in [2.24, 2.45) is 4.99 Å². The lowest BCUT2D eigenvalue weighted by atomic mass is 10.1. The van der Waals surface area contributed by atoms with Gasteiger partial charge in [-0.3, -0.25) is 4.99 Å². The quantitative estimate of drug-likeness (QED) is 0.562. The number of aliphatic hydroxyl groups excluding tert-OH is 1.